The Bertz CT molecular complexity index is 807. The second-order valence-corrected chi connectivity index (χ2v) is 7.97. The number of ether oxygens (including phenoxy) is 1. The van der Waals surface area contributed by atoms with Crippen LogP contribution in [-0.2, 0) is 0 Å². The molecule has 0 saturated carbocycles. The van der Waals surface area contributed by atoms with Gasteiger partial charge in [-0.2, -0.15) is 0 Å². The first-order valence-electron chi connectivity index (χ1n) is 10.1. The molecule has 0 radical (unpaired) electrons. The number of nitrogens with zero attached hydrogens (tertiary/aromatic N) is 1. The lowest BCUT2D eigenvalue weighted by atomic mass is 9.99. The summed E-state index contributed by atoms with van der Waals surface area (Å²) in [5, 5.41) is 3.49. The van der Waals surface area contributed by atoms with Gasteiger partial charge in [0, 0.05) is 24.3 Å². The van der Waals surface area contributed by atoms with E-state index in [2.05, 4.69) is 41.4 Å². The van der Waals surface area contributed by atoms with E-state index in [1.807, 2.05) is 13.8 Å². The van der Waals surface area contributed by atoms with Crippen molar-refractivity contribution in [3.05, 3.63) is 58.6 Å². The molecule has 1 fully saturated rings. The maximum absolute atomic E-state index is 12.6. The number of rotatable bonds is 6. The number of carbonyl (C=O) groups is 1. The van der Waals surface area contributed by atoms with E-state index in [1.165, 1.54) is 18.5 Å². The van der Waals surface area contributed by atoms with Gasteiger partial charge in [0.25, 0.3) is 5.91 Å². The van der Waals surface area contributed by atoms with Crippen molar-refractivity contribution in [2.75, 3.05) is 24.6 Å². The van der Waals surface area contributed by atoms with E-state index in [4.69, 9.17) is 16.3 Å². The third-order valence-corrected chi connectivity index (χ3v) is 5.55. The van der Waals surface area contributed by atoms with Gasteiger partial charge >= 0.3 is 0 Å². The first kappa shape index (κ1) is 20.5. The lowest BCUT2D eigenvalue weighted by molar-refractivity contribution is 0.0940. The van der Waals surface area contributed by atoms with E-state index in [-0.39, 0.29) is 11.9 Å². The Morgan fingerprint density at radius 1 is 1.29 bits per heavy atom. The molecule has 2 unspecified atom stereocenters. The van der Waals surface area contributed by atoms with Crippen LogP contribution >= 0.6 is 11.6 Å². The van der Waals surface area contributed by atoms with E-state index in [9.17, 15) is 4.79 Å². The van der Waals surface area contributed by atoms with Gasteiger partial charge in [0.15, 0.2) is 0 Å². The number of hydrogen-bond donors (Lipinski definition) is 1. The summed E-state index contributed by atoms with van der Waals surface area (Å²) in [5.41, 5.74) is 2.87. The van der Waals surface area contributed by atoms with Crippen LogP contribution in [0.15, 0.2) is 42.5 Å². The number of anilines is 1. The summed E-state index contributed by atoms with van der Waals surface area (Å²) in [6, 6.07) is 13.5. The first-order valence-corrected chi connectivity index (χ1v) is 10.4. The topological polar surface area (TPSA) is 41.6 Å². The van der Waals surface area contributed by atoms with Crippen LogP contribution < -0.4 is 15.0 Å². The fourth-order valence-corrected chi connectivity index (χ4v) is 3.91. The maximum Gasteiger partial charge on any atom is 0.251 e. The molecule has 0 bridgehead atoms. The average Bonchev–Trinajstić information content (AvgIpc) is 2.69. The molecule has 0 spiro atoms. The summed E-state index contributed by atoms with van der Waals surface area (Å²) < 4.78 is 5.42. The number of nitrogens with one attached hydrogen (secondary N) is 1. The Balaban J connectivity index is 1.63. The first-order chi connectivity index (χ1) is 13.5. The van der Waals surface area contributed by atoms with E-state index >= 15 is 0 Å². The van der Waals surface area contributed by atoms with E-state index < -0.39 is 0 Å². The zero-order chi connectivity index (χ0) is 20.1. The molecule has 1 heterocycles. The average molecular weight is 401 g/mol. The number of carbonyl (C=O) groups excluding carboxylic acids is 1. The van der Waals surface area contributed by atoms with Gasteiger partial charge in [-0.15, -0.1) is 0 Å². The number of halogens is 1. The van der Waals surface area contributed by atoms with Crippen molar-refractivity contribution in [2.24, 2.45) is 5.92 Å². The van der Waals surface area contributed by atoms with Crippen LogP contribution in [0, 0.1) is 5.92 Å². The zero-order valence-corrected chi connectivity index (χ0v) is 17.6. The third-order valence-electron chi connectivity index (χ3n) is 5.26. The van der Waals surface area contributed by atoms with Crippen molar-refractivity contribution in [3.63, 3.8) is 0 Å². The summed E-state index contributed by atoms with van der Waals surface area (Å²) in [7, 11) is 0. The van der Waals surface area contributed by atoms with Crippen LogP contribution in [0.2, 0.25) is 5.02 Å². The predicted octanol–water partition coefficient (Wildman–Crippen LogP) is 5.47. The van der Waals surface area contributed by atoms with Crippen LogP contribution in [0.5, 0.6) is 5.75 Å². The molecule has 28 heavy (non-hydrogen) atoms. The van der Waals surface area contributed by atoms with Gasteiger partial charge in [-0.05, 0) is 68.5 Å². The molecule has 1 N–H and O–H groups in total. The van der Waals surface area contributed by atoms with Gasteiger partial charge < -0.3 is 15.0 Å². The Morgan fingerprint density at radius 3 is 2.68 bits per heavy atom. The fraction of sp³-hybridized carbons (Fsp3) is 0.435. The standard InChI is InChI=1S/C23H29ClN2O2/c1-4-28-22-12-9-19(14-21(22)24)23(27)25-17(3)18-7-10-20(11-8-18)26-13-5-6-16(2)15-26/h7-12,14,16-17H,4-6,13,15H2,1-3H3,(H,25,27). The van der Waals surface area contributed by atoms with Crippen LogP contribution in [0.3, 0.4) is 0 Å². The number of hydrogen-bond acceptors (Lipinski definition) is 3. The van der Waals surface area contributed by atoms with Gasteiger partial charge in [-0.25, -0.2) is 0 Å². The lowest BCUT2D eigenvalue weighted by Gasteiger charge is -2.33. The number of amides is 1. The molecule has 3 rings (SSSR count). The molecular formula is C23H29ClN2O2. The Hall–Kier alpha value is -2.20. The molecule has 0 aromatic heterocycles. The SMILES string of the molecule is CCOc1ccc(C(=O)NC(C)c2ccc(N3CCCC(C)C3)cc2)cc1Cl. The van der Waals surface area contributed by atoms with Crippen molar-refractivity contribution in [1.82, 2.24) is 5.32 Å². The monoisotopic (exact) mass is 400 g/mol. The minimum atomic E-state index is -0.147. The lowest BCUT2D eigenvalue weighted by Crippen LogP contribution is -2.34. The van der Waals surface area contributed by atoms with Gasteiger partial charge in [-0.3, -0.25) is 4.79 Å². The van der Waals surface area contributed by atoms with Gasteiger partial charge in [0.2, 0.25) is 0 Å². The highest BCUT2D eigenvalue weighted by atomic mass is 35.5. The number of piperidine rings is 1. The largest absolute Gasteiger partial charge is 0.492 e. The molecule has 2 aromatic rings. The molecule has 0 aliphatic carbocycles. The maximum atomic E-state index is 12.6. The molecule has 2 aromatic carbocycles. The second-order valence-electron chi connectivity index (χ2n) is 7.56. The third kappa shape index (κ3) is 4.99. The van der Waals surface area contributed by atoms with Crippen molar-refractivity contribution in [3.8, 4) is 5.75 Å². The summed E-state index contributed by atoms with van der Waals surface area (Å²) in [4.78, 5) is 15.0. The van der Waals surface area contributed by atoms with Crippen molar-refractivity contribution < 1.29 is 9.53 Å². The molecule has 4 nitrogen and oxygen atoms in total. The minimum absolute atomic E-state index is 0.0906. The molecular weight excluding hydrogens is 372 g/mol. The molecule has 1 amide bonds. The molecule has 5 heteroatoms. The molecule has 1 aliphatic heterocycles. The molecule has 2 atom stereocenters. The van der Waals surface area contributed by atoms with Gasteiger partial charge in [-0.1, -0.05) is 30.7 Å². The van der Waals surface area contributed by atoms with Gasteiger partial charge in [0.05, 0.1) is 17.7 Å². The number of benzene rings is 2. The van der Waals surface area contributed by atoms with Crippen molar-refractivity contribution in [1.29, 1.82) is 0 Å². The summed E-state index contributed by atoms with van der Waals surface area (Å²) in [5.74, 6) is 1.19. The highest BCUT2D eigenvalue weighted by Crippen LogP contribution is 2.27. The zero-order valence-electron chi connectivity index (χ0n) is 16.9. The molecule has 1 aliphatic rings. The minimum Gasteiger partial charge on any atom is -0.492 e. The predicted molar refractivity (Wildman–Crippen MR) is 116 cm³/mol. The normalized spacial score (nSPS) is 17.9. The highest BCUT2D eigenvalue weighted by Gasteiger charge is 2.17. The Morgan fingerprint density at radius 2 is 2.04 bits per heavy atom. The fourth-order valence-electron chi connectivity index (χ4n) is 3.68. The second kappa shape index (κ2) is 9.33. The van der Waals surface area contributed by atoms with E-state index in [0.29, 0.717) is 22.9 Å². The Kier molecular flexibility index (Phi) is 6.84. The summed E-state index contributed by atoms with van der Waals surface area (Å²) in [6.07, 6.45) is 2.56. The van der Waals surface area contributed by atoms with Crippen molar-refractivity contribution in [2.45, 2.75) is 39.7 Å². The van der Waals surface area contributed by atoms with Crippen LogP contribution in [0.1, 0.15) is 55.6 Å². The molecule has 1 saturated heterocycles. The van der Waals surface area contributed by atoms with Gasteiger partial charge in [0.1, 0.15) is 5.75 Å². The quantitative estimate of drug-likeness (QED) is 0.699. The summed E-state index contributed by atoms with van der Waals surface area (Å²) in [6.45, 7) is 8.97. The van der Waals surface area contributed by atoms with Crippen LogP contribution in [-0.4, -0.2) is 25.6 Å². The smallest absolute Gasteiger partial charge is 0.251 e. The Labute approximate surface area is 172 Å². The van der Waals surface area contributed by atoms with E-state index in [0.717, 1.165) is 24.6 Å². The molecule has 150 valence electrons. The van der Waals surface area contributed by atoms with E-state index in [1.54, 1.807) is 18.2 Å². The van der Waals surface area contributed by atoms with Crippen molar-refractivity contribution >= 4 is 23.2 Å². The summed E-state index contributed by atoms with van der Waals surface area (Å²) >= 11 is 6.20. The van der Waals surface area contributed by atoms with Crippen LogP contribution in [0.25, 0.3) is 0 Å². The highest BCUT2D eigenvalue weighted by molar-refractivity contribution is 6.32. The van der Waals surface area contributed by atoms with Crippen LogP contribution in [0.4, 0.5) is 5.69 Å².